The smallest absolute Gasteiger partial charge is 0.261 e. The number of hydrogen-bond acceptors (Lipinski definition) is 3. The molecule has 1 fully saturated rings. The van der Waals surface area contributed by atoms with Crippen molar-refractivity contribution in [1.29, 1.82) is 0 Å². The van der Waals surface area contributed by atoms with Crippen LogP contribution in [0.5, 0.6) is 0 Å². The van der Waals surface area contributed by atoms with Crippen LogP contribution >= 0.6 is 0 Å². The van der Waals surface area contributed by atoms with Gasteiger partial charge in [-0.3, -0.25) is 24.6 Å². The molecule has 0 aromatic carbocycles. The zero-order valence-corrected chi connectivity index (χ0v) is 9.23. The van der Waals surface area contributed by atoms with Crippen molar-refractivity contribution in [2.75, 3.05) is 0 Å². The van der Waals surface area contributed by atoms with Crippen LogP contribution in [-0.2, 0) is 14.4 Å². The van der Waals surface area contributed by atoms with E-state index < -0.39 is 11.9 Å². The predicted molar refractivity (Wildman–Crippen MR) is 60.4 cm³/mol. The number of imide groups is 1. The molecular weight excluding hydrogens is 220 g/mol. The van der Waals surface area contributed by atoms with E-state index in [9.17, 15) is 14.4 Å². The van der Waals surface area contributed by atoms with Crippen LogP contribution in [0.3, 0.4) is 0 Å². The molecule has 0 spiro atoms. The van der Waals surface area contributed by atoms with Crippen molar-refractivity contribution >= 4 is 17.7 Å². The van der Waals surface area contributed by atoms with E-state index in [0.29, 0.717) is 17.7 Å². The Morgan fingerprint density at radius 1 is 1.24 bits per heavy atom. The normalized spacial score (nSPS) is 24.4. The third-order valence-corrected chi connectivity index (χ3v) is 2.90. The lowest BCUT2D eigenvalue weighted by atomic mass is 9.95. The highest BCUT2D eigenvalue weighted by atomic mass is 16.2. The minimum Gasteiger partial charge on any atom is -0.295 e. The number of allylic oxidation sites excluding steroid dienone is 1. The second-order valence-corrected chi connectivity index (χ2v) is 3.85. The molecule has 2 aliphatic heterocycles. The molecule has 0 saturated carbocycles. The van der Waals surface area contributed by atoms with Crippen molar-refractivity contribution in [2.45, 2.75) is 18.9 Å². The summed E-state index contributed by atoms with van der Waals surface area (Å²) in [6.07, 6.45) is 3.55. The van der Waals surface area contributed by atoms with E-state index in [2.05, 4.69) is 18.5 Å². The maximum atomic E-state index is 11.8. The molecule has 0 aromatic rings. The average molecular weight is 232 g/mol. The molecule has 5 heteroatoms. The number of piperidine rings is 1. The van der Waals surface area contributed by atoms with Crippen LogP contribution in [0.1, 0.15) is 12.8 Å². The molecule has 1 N–H and O–H groups in total. The van der Waals surface area contributed by atoms with E-state index >= 15 is 0 Å². The Hall–Kier alpha value is -2.17. The summed E-state index contributed by atoms with van der Waals surface area (Å²) in [5, 5.41) is 2.22. The molecule has 1 atom stereocenters. The highest BCUT2D eigenvalue weighted by Crippen LogP contribution is 2.31. The number of rotatable bonds is 3. The van der Waals surface area contributed by atoms with Crippen molar-refractivity contribution in [1.82, 2.24) is 10.2 Å². The van der Waals surface area contributed by atoms with Crippen molar-refractivity contribution in [3.05, 3.63) is 36.6 Å². The number of carbonyl (C=O) groups is 3. The molecule has 3 amide bonds. The fourth-order valence-corrected chi connectivity index (χ4v) is 2.06. The maximum Gasteiger partial charge on any atom is 0.261 e. The molecule has 2 heterocycles. The molecule has 17 heavy (non-hydrogen) atoms. The van der Waals surface area contributed by atoms with E-state index in [-0.39, 0.29) is 18.2 Å². The Bertz CT molecular complexity index is 476. The van der Waals surface area contributed by atoms with Crippen LogP contribution in [0, 0.1) is 0 Å². The van der Waals surface area contributed by atoms with Gasteiger partial charge in [0.05, 0.1) is 11.3 Å². The quantitative estimate of drug-likeness (QED) is 0.710. The van der Waals surface area contributed by atoms with Crippen LogP contribution in [0.15, 0.2) is 36.6 Å². The number of carbonyl (C=O) groups excluding carboxylic acids is 3. The Morgan fingerprint density at radius 3 is 2.47 bits per heavy atom. The molecule has 0 aliphatic carbocycles. The fraction of sp³-hybridized carbons (Fsp3) is 0.250. The van der Waals surface area contributed by atoms with Crippen LogP contribution in [0.25, 0.3) is 0 Å². The summed E-state index contributed by atoms with van der Waals surface area (Å²) < 4.78 is 0. The van der Waals surface area contributed by atoms with E-state index in [1.54, 1.807) is 0 Å². The molecular formula is C12H12N2O3. The Labute approximate surface area is 98.5 Å². The highest BCUT2D eigenvalue weighted by molar-refractivity contribution is 6.09. The standard InChI is InChI=1S/C12H12N2O3/c1-3-7-8(4-2)14(12(7)17)9-5-6-10(15)13-11(9)16/h3-4,9H,1-2,5-6H2,(H,13,15,16). The third kappa shape index (κ3) is 1.60. The lowest BCUT2D eigenvalue weighted by molar-refractivity contribution is -0.144. The second-order valence-electron chi connectivity index (χ2n) is 3.85. The van der Waals surface area contributed by atoms with Gasteiger partial charge < -0.3 is 0 Å². The summed E-state index contributed by atoms with van der Waals surface area (Å²) in [6, 6.07) is -0.614. The first-order valence-corrected chi connectivity index (χ1v) is 5.26. The summed E-state index contributed by atoms with van der Waals surface area (Å²) in [6.45, 7) is 7.14. The van der Waals surface area contributed by atoms with E-state index in [0.717, 1.165) is 0 Å². The van der Waals surface area contributed by atoms with Crippen molar-refractivity contribution in [3.63, 3.8) is 0 Å². The van der Waals surface area contributed by atoms with E-state index in [1.807, 2.05) is 0 Å². The molecule has 88 valence electrons. The van der Waals surface area contributed by atoms with Crippen LogP contribution in [0.2, 0.25) is 0 Å². The van der Waals surface area contributed by atoms with E-state index in [1.165, 1.54) is 17.1 Å². The Kier molecular flexibility index (Phi) is 2.67. The highest BCUT2D eigenvalue weighted by Gasteiger charge is 2.42. The molecule has 2 aliphatic rings. The van der Waals surface area contributed by atoms with Crippen LogP contribution in [0.4, 0.5) is 0 Å². The number of hydrogen-bond donors (Lipinski definition) is 1. The van der Waals surface area contributed by atoms with Crippen LogP contribution < -0.4 is 5.32 Å². The monoisotopic (exact) mass is 232 g/mol. The predicted octanol–water partition coefficient (Wildman–Crippen LogP) is 0.260. The summed E-state index contributed by atoms with van der Waals surface area (Å²) in [7, 11) is 0. The first kappa shape index (κ1) is 11.3. The molecule has 1 saturated heterocycles. The minimum atomic E-state index is -0.614. The van der Waals surface area contributed by atoms with Gasteiger partial charge in [-0.2, -0.15) is 0 Å². The van der Waals surface area contributed by atoms with Gasteiger partial charge in [0.2, 0.25) is 11.8 Å². The minimum absolute atomic E-state index is 0.244. The van der Waals surface area contributed by atoms with Gasteiger partial charge in [0.25, 0.3) is 5.91 Å². The van der Waals surface area contributed by atoms with Gasteiger partial charge in [0.15, 0.2) is 0 Å². The van der Waals surface area contributed by atoms with Gasteiger partial charge >= 0.3 is 0 Å². The maximum absolute atomic E-state index is 11.8. The lowest BCUT2D eigenvalue weighted by Crippen LogP contribution is -2.57. The fourth-order valence-electron chi connectivity index (χ4n) is 2.06. The number of amides is 3. The summed E-state index contributed by atoms with van der Waals surface area (Å²) in [5.74, 6) is -0.978. The van der Waals surface area contributed by atoms with Crippen LogP contribution in [-0.4, -0.2) is 28.7 Å². The van der Waals surface area contributed by atoms with Gasteiger partial charge in [0.1, 0.15) is 6.04 Å². The number of nitrogens with zero attached hydrogens (tertiary/aromatic N) is 1. The molecule has 0 radical (unpaired) electrons. The van der Waals surface area contributed by atoms with E-state index in [4.69, 9.17) is 0 Å². The SMILES string of the molecule is C=CC1=C(C=C)N(C2CCC(=O)NC2=O)C1=O. The van der Waals surface area contributed by atoms with Crippen molar-refractivity contribution < 1.29 is 14.4 Å². The van der Waals surface area contributed by atoms with Gasteiger partial charge in [-0.25, -0.2) is 0 Å². The summed E-state index contributed by atoms with van der Waals surface area (Å²) in [5.41, 5.74) is 1.06. The number of nitrogens with one attached hydrogen (secondary N) is 1. The third-order valence-electron chi connectivity index (χ3n) is 2.90. The largest absolute Gasteiger partial charge is 0.295 e. The molecule has 0 bridgehead atoms. The van der Waals surface area contributed by atoms with Gasteiger partial charge in [-0.15, -0.1) is 0 Å². The van der Waals surface area contributed by atoms with Gasteiger partial charge in [-0.1, -0.05) is 19.2 Å². The van der Waals surface area contributed by atoms with Crippen molar-refractivity contribution in [2.24, 2.45) is 0 Å². The Morgan fingerprint density at radius 2 is 1.94 bits per heavy atom. The summed E-state index contributed by atoms with van der Waals surface area (Å²) in [4.78, 5) is 35.8. The zero-order chi connectivity index (χ0) is 12.6. The molecule has 0 aromatic heterocycles. The first-order chi connectivity index (χ1) is 8.10. The van der Waals surface area contributed by atoms with Gasteiger partial charge in [0, 0.05) is 6.42 Å². The topological polar surface area (TPSA) is 66.5 Å². The average Bonchev–Trinajstić information content (AvgIpc) is 2.29. The molecule has 1 unspecified atom stereocenters. The van der Waals surface area contributed by atoms with Crippen molar-refractivity contribution in [3.8, 4) is 0 Å². The second kappa shape index (κ2) is 4.01. The Balaban J connectivity index is 2.26. The lowest BCUT2D eigenvalue weighted by Gasteiger charge is -2.40. The first-order valence-electron chi connectivity index (χ1n) is 5.26. The zero-order valence-electron chi connectivity index (χ0n) is 9.23. The molecule has 2 rings (SSSR count). The molecule has 5 nitrogen and oxygen atoms in total. The summed E-state index contributed by atoms with van der Waals surface area (Å²) >= 11 is 0. The van der Waals surface area contributed by atoms with Gasteiger partial charge in [-0.05, 0) is 12.5 Å².